The third kappa shape index (κ3) is 3.68. The summed E-state index contributed by atoms with van der Waals surface area (Å²) >= 11 is 1.71. The van der Waals surface area contributed by atoms with E-state index in [1.807, 2.05) is 18.2 Å². The normalized spacial score (nSPS) is 19.1. The molecule has 30 heavy (non-hydrogen) atoms. The van der Waals surface area contributed by atoms with E-state index in [0.29, 0.717) is 11.9 Å². The van der Waals surface area contributed by atoms with Crippen LogP contribution in [0, 0.1) is 6.92 Å². The first-order valence-electron chi connectivity index (χ1n) is 10.4. The lowest BCUT2D eigenvalue weighted by molar-refractivity contribution is 0.126. The number of hydrogen-bond donors (Lipinski definition) is 2. The van der Waals surface area contributed by atoms with Crippen molar-refractivity contribution in [3.05, 3.63) is 59.7 Å². The second kappa shape index (κ2) is 8.13. The minimum Gasteiger partial charge on any atom is -0.393 e. The molecule has 0 unspecified atom stereocenters. The van der Waals surface area contributed by atoms with Crippen molar-refractivity contribution in [2.75, 3.05) is 5.32 Å². The van der Waals surface area contributed by atoms with Crippen LogP contribution in [0.3, 0.4) is 0 Å². The molecule has 6 heteroatoms. The molecule has 1 aliphatic carbocycles. The van der Waals surface area contributed by atoms with Gasteiger partial charge in [0.25, 0.3) is 0 Å². The molecule has 0 saturated heterocycles. The van der Waals surface area contributed by atoms with Gasteiger partial charge in [0.05, 0.1) is 11.5 Å². The van der Waals surface area contributed by atoms with Gasteiger partial charge in [-0.15, -0.1) is 11.3 Å². The quantitative estimate of drug-likeness (QED) is 0.463. The lowest BCUT2D eigenvalue weighted by Gasteiger charge is -2.27. The summed E-state index contributed by atoms with van der Waals surface area (Å²) < 4.78 is 0. The summed E-state index contributed by atoms with van der Waals surface area (Å²) in [5, 5.41) is 14.7. The molecule has 152 valence electrons. The first-order valence-corrected chi connectivity index (χ1v) is 11.2. The average Bonchev–Trinajstić information content (AvgIpc) is 3.12. The van der Waals surface area contributed by atoms with Crippen LogP contribution in [0.1, 0.15) is 30.6 Å². The number of pyridine rings is 1. The number of anilines is 1. The molecule has 1 fully saturated rings. The molecule has 0 spiro atoms. The van der Waals surface area contributed by atoms with Gasteiger partial charge in [0.2, 0.25) is 0 Å². The summed E-state index contributed by atoms with van der Waals surface area (Å²) in [7, 11) is 0. The predicted octanol–water partition coefficient (Wildman–Crippen LogP) is 5.44. The number of benzene rings is 1. The van der Waals surface area contributed by atoms with E-state index in [9.17, 15) is 5.11 Å². The summed E-state index contributed by atoms with van der Waals surface area (Å²) in [5.74, 6) is 1.57. The summed E-state index contributed by atoms with van der Waals surface area (Å²) in [5.41, 5.74) is 3.29. The molecule has 0 bridgehead atoms. The average molecular weight is 417 g/mol. The monoisotopic (exact) mass is 416 g/mol. The van der Waals surface area contributed by atoms with Crippen LogP contribution in [0.4, 0.5) is 5.82 Å². The van der Waals surface area contributed by atoms with Crippen LogP contribution in [-0.4, -0.2) is 32.2 Å². The Balaban J connectivity index is 1.67. The Bertz CT molecular complexity index is 1150. The van der Waals surface area contributed by atoms with E-state index >= 15 is 0 Å². The molecule has 0 radical (unpaired) electrons. The molecule has 1 aromatic carbocycles. The van der Waals surface area contributed by atoms with Gasteiger partial charge in [0.1, 0.15) is 10.6 Å². The van der Waals surface area contributed by atoms with Crippen molar-refractivity contribution in [1.29, 1.82) is 0 Å². The Hall–Kier alpha value is -2.83. The van der Waals surface area contributed by atoms with Crippen LogP contribution in [-0.2, 0) is 0 Å². The smallest absolute Gasteiger partial charge is 0.164 e. The highest BCUT2D eigenvalue weighted by molar-refractivity contribution is 7.19. The van der Waals surface area contributed by atoms with Crippen LogP contribution >= 0.6 is 11.3 Å². The zero-order chi connectivity index (χ0) is 20.5. The molecule has 0 amide bonds. The maximum Gasteiger partial charge on any atom is 0.164 e. The van der Waals surface area contributed by atoms with E-state index in [2.05, 4.69) is 41.5 Å². The largest absolute Gasteiger partial charge is 0.393 e. The van der Waals surface area contributed by atoms with Crippen molar-refractivity contribution in [2.45, 2.75) is 44.8 Å². The Kier molecular flexibility index (Phi) is 5.19. The summed E-state index contributed by atoms with van der Waals surface area (Å²) in [6, 6.07) is 14.7. The molecule has 4 aromatic rings. The fourth-order valence-corrected chi connectivity index (χ4v) is 5.25. The summed E-state index contributed by atoms with van der Waals surface area (Å²) in [6.45, 7) is 2.15. The van der Waals surface area contributed by atoms with E-state index in [0.717, 1.165) is 47.3 Å². The number of hydrogen-bond acceptors (Lipinski definition) is 6. The number of fused-ring (bicyclic) bond motifs is 1. The zero-order valence-electron chi connectivity index (χ0n) is 16.9. The van der Waals surface area contributed by atoms with Gasteiger partial charge in [-0.1, -0.05) is 30.3 Å². The van der Waals surface area contributed by atoms with Crippen LogP contribution in [0.25, 0.3) is 32.7 Å². The molecular weight excluding hydrogens is 392 g/mol. The van der Waals surface area contributed by atoms with Gasteiger partial charge in [-0.25, -0.2) is 9.97 Å². The highest BCUT2D eigenvalue weighted by Crippen LogP contribution is 2.42. The fraction of sp³-hybridized carbons (Fsp3) is 0.292. The van der Waals surface area contributed by atoms with Crippen molar-refractivity contribution in [2.24, 2.45) is 0 Å². The van der Waals surface area contributed by atoms with Gasteiger partial charge in [0.15, 0.2) is 5.82 Å². The Morgan fingerprint density at radius 1 is 0.967 bits per heavy atom. The van der Waals surface area contributed by atoms with Gasteiger partial charge < -0.3 is 10.4 Å². The van der Waals surface area contributed by atoms with Gasteiger partial charge >= 0.3 is 0 Å². The molecule has 3 aromatic heterocycles. The first kappa shape index (κ1) is 19.2. The zero-order valence-corrected chi connectivity index (χ0v) is 17.7. The molecule has 5 rings (SSSR count). The number of rotatable bonds is 4. The van der Waals surface area contributed by atoms with Crippen LogP contribution in [0.2, 0.25) is 0 Å². The molecule has 0 atom stereocenters. The topological polar surface area (TPSA) is 70.9 Å². The van der Waals surface area contributed by atoms with E-state index in [-0.39, 0.29) is 6.10 Å². The van der Waals surface area contributed by atoms with Gasteiger partial charge in [-0.05, 0) is 50.3 Å². The van der Waals surface area contributed by atoms with Crippen molar-refractivity contribution in [3.8, 4) is 22.5 Å². The maximum absolute atomic E-state index is 9.90. The molecule has 1 saturated carbocycles. The van der Waals surface area contributed by atoms with Crippen LogP contribution in [0.5, 0.6) is 0 Å². The molecule has 5 nitrogen and oxygen atoms in total. The number of nitrogens with zero attached hydrogens (tertiary/aromatic N) is 3. The number of aliphatic hydroxyl groups is 1. The van der Waals surface area contributed by atoms with Gasteiger partial charge in [-0.2, -0.15) is 0 Å². The predicted molar refractivity (Wildman–Crippen MR) is 123 cm³/mol. The standard InChI is InChI=1S/C24H24N4OS/c1-15-20(16-6-3-2-4-7-16)21-23(26-18-9-11-19(29)12-10-18)27-22(28-24(21)30-15)17-8-5-13-25-14-17/h2-8,13-14,18-19,29H,9-12H2,1H3,(H,26,27,28). The molecular formula is C24H24N4OS. The third-order valence-corrected chi connectivity index (χ3v) is 6.75. The lowest BCUT2D eigenvalue weighted by Crippen LogP contribution is -2.28. The Labute approximate surface area is 179 Å². The van der Waals surface area contributed by atoms with E-state index in [4.69, 9.17) is 9.97 Å². The van der Waals surface area contributed by atoms with E-state index in [1.165, 1.54) is 16.0 Å². The third-order valence-electron chi connectivity index (χ3n) is 5.75. The van der Waals surface area contributed by atoms with E-state index < -0.39 is 0 Å². The Morgan fingerprint density at radius 3 is 2.47 bits per heavy atom. The lowest BCUT2D eigenvalue weighted by atomic mass is 9.93. The molecule has 1 aliphatic rings. The number of aryl methyl sites for hydroxylation is 1. The first-order chi connectivity index (χ1) is 14.7. The minimum absolute atomic E-state index is 0.178. The summed E-state index contributed by atoms with van der Waals surface area (Å²) in [6.07, 6.45) is 6.93. The van der Waals surface area contributed by atoms with Gasteiger partial charge in [0, 0.05) is 34.4 Å². The highest BCUT2D eigenvalue weighted by Gasteiger charge is 2.23. The van der Waals surface area contributed by atoms with Gasteiger partial charge in [-0.3, -0.25) is 4.98 Å². The molecule has 2 N–H and O–H groups in total. The maximum atomic E-state index is 9.90. The van der Waals surface area contributed by atoms with E-state index in [1.54, 1.807) is 23.7 Å². The van der Waals surface area contributed by atoms with Crippen molar-refractivity contribution < 1.29 is 5.11 Å². The highest BCUT2D eigenvalue weighted by atomic mass is 32.1. The number of aliphatic hydroxyl groups excluding tert-OH is 1. The second-order valence-corrected chi connectivity index (χ2v) is 9.07. The SMILES string of the molecule is Cc1sc2nc(-c3cccnc3)nc(NC3CCC(O)CC3)c2c1-c1ccccc1. The molecule has 0 aliphatic heterocycles. The van der Waals surface area contributed by atoms with Crippen molar-refractivity contribution in [1.82, 2.24) is 15.0 Å². The van der Waals surface area contributed by atoms with Crippen LogP contribution in [0.15, 0.2) is 54.9 Å². The second-order valence-electron chi connectivity index (χ2n) is 7.87. The fourth-order valence-electron chi connectivity index (χ4n) is 4.21. The van der Waals surface area contributed by atoms with Crippen LogP contribution < -0.4 is 5.32 Å². The number of aromatic nitrogens is 3. The Morgan fingerprint density at radius 2 is 1.73 bits per heavy atom. The summed E-state index contributed by atoms with van der Waals surface area (Å²) in [4.78, 5) is 16.3. The van der Waals surface area contributed by atoms with Crippen molar-refractivity contribution >= 4 is 27.4 Å². The minimum atomic E-state index is -0.178. The molecule has 3 heterocycles. The number of thiophene rings is 1. The number of nitrogens with one attached hydrogen (secondary N) is 1. The van der Waals surface area contributed by atoms with Crippen molar-refractivity contribution in [3.63, 3.8) is 0 Å².